The van der Waals surface area contributed by atoms with Gasteiger partial charge in [-0.25, -0.2) is 15.8 Å². The fourth-order valence-corrected chi connectivity index (χ4v) is 2.73. The van der Waals surface area contributed by atoms with Crippen LogP contribution in [0.15, 0.2) is 6.07 Å². The van der Waals surface area contributed by atoms with Crippen LogP contribution in [0, 0.1) is 5.92 Å². The normalized spacial score (nSPS) is 23.1. The van der Waals surface area contributed by atoms with Crippen LogP contribution >= 0.6 is 0 Å². The first-order chi connectivity index (χ1) is 9.25. The Bertz CT molecular complexity index is 377. The molecule has 1 aromatic heterocycles. The molecule has 4 N–H and O–H groups in total. The maximum absolute atomic E-state index is 5.44. The number of anilines is 2. The van der Waals surface area contributed by atoms with Gasteiger partial charge in [-0.15, -0.1) is 0 Å². The van der Waals surface area contributed by atoms with E-state index in [4.69, 9.17) is 5.84 Å². The molecule has 0 amide bonds. The van der Waals surface area contributed by atoms with Crippen LogP contribution in [-0.2, 0) is 6.42 Å². The Balaban J connectivity index is 1.99. The van der Waals surface area contributed by atoms with E-state index in [0.717, 1.165) is 24.0 Å². The van der Waals surface area contributed by atoms with Crippen LogP contribution in [0.4, 0.5) is 11.6 Å². The third-order valence-corrected chi connectivity index (χ3v) is 4.01. The van der Waals surface area contributed by atoms with Gasteiger partial charge >= 0.3 is 0 Å². The van der Waals surface area contributed by atoms with Crippen molar-refractivity contribution in [1.82, 2.24) is 9.97 Å². The summed E-state index contributed by atoms with van der Waals surface area (Å²) in [6.07, 6.45) is 7.22. The molecule has 0 bridgehead atoms. The molecule has 5 heteroatoms. The highest BCUT2D eigenvalue weighted by molar-refractivity contribution is 5.47. The van der Waals surface area contributed by atoms with Crippen molar-refractivity contribution in [3.8, 4) is 0 Å². The lowest BCUT2D eigenvalue weighted by molar-refractivity contribution is 0.330. The summed E-state index contributed by atoms with van der Waals surface area (Å²) in [6.45, 7) is 4.33. The number of hydrazine groups is 1. The van der Waals surface area contributed by atoms with E-state index in [1.807, 2.05) is 13.0 Å². The molecule has 0 aromatic carbocycles. The minimum absolute atomic E-state index is 0.535. The van der Waals surface area contributed by atoms with E-state index in [1.54, 1.807) is 0 Å². The number of aromatic nitrogens is 2. The Morgan fingerprint density at radius 2 is 1.84 bits per heavy atom. The van der Waals surface area contributed by atoms with Gasteiger partial charge < -0.3 is 10.7 Å². The maximum atomic E-state index is 5.44. The molecule has 1 aliphatic carbocycles. The zero-order valence-corrected chi connectivity index (χ0v) is 11.9. The molecule has 0 aliphatic heterocycles. The van der Waals surface area contributed by atoms with Gasteiger partial charge in [0.2, 0.25) is 0 Å². The summed E-state index contributed by atoms with van der Waals surface area (Å²) < 4.78 is 0. The van der Waals surface area contributed by atoms with Crippen LogP contribution in [0.5, 0.6) is 0 Å². The molecule has 1 heterocycles. The molecule has 19 heavy (non-hydrogen) atoms. The SMILES string of the molecule is CCc1nc(NN)cc(NC2CCC(CC)CC2)n1. The average molecular weight is 263 g/mol. The topological polar surface area (TPSA) is 75.9 Å². The lowest BCUT2D eigenvalue weighted by Crippen LogP contribution is -2.26. The number of hydrogen-bond donors (Lipinski definition) is 3. The van der Waals surface area contributed by atoms with Crippen molar-refractivity contribution < 1.29 is 0 Å². The molecule has 106 valence electrons. The monoisotopic (exact) mass is 263 g/mol. The molecular formula is C14H25N5. The highest BCUT2D eigenvalue weighted by atomic mass is 15.3. The number of aryl methyl sites for hydroxylation is 1. The molecule has 5 nitrogen and oxygen atoms in total. The van der Waals surface area contributed by atoms with Crippen molar-refractivity contribution in [2.45, 2.75) is 58.4 Å². The highest BCUT2D eigenvalue weighted by Crippen LogP contribution is 2.28. The second-order valence-corrected chi connectivity index (χ2v) is 5.32. The standard InChI is InChI=1S/C14H25N5/c1-3-10-5-7-11(8-6-10)16-13-9-14(19-15)18-12(4-2)17-13/h9-11H,3-8,15H2,1-2H3,(H2,16,17,18,19). The number of nitrogens with zero attached hydrogens (tertiary/aromatic N) is 2. The second kappa shape index (κ2) is 6.70. The van der Waals surface area contributed by atoms with Crippen molar-refractivity contribution in [1.29, 1.82) is 0 Å². The first-order valence-electron chi connectivity index (χ1n) is 7.36. The van der Waals surface area contributed by atoms with Gasteiger partial charge in [-0.2, -0.15) is 0 Å². The molecule has 0 atom stereocenters. The zero-order valence-electron chi connectivity index (χ0n) is 11.9. The summed E-state index contributed by atoms with van der Waals surface area (Å²) in [6, 6.07) is 2.42. The molecule has 1 fully saturated rings. The van der Waals surface area contributed by atoms with Gasteiger partial charge in [0.25, 0.3) is 0 Å². The number of rotatable bonds is 5. The first-order valence-corrected chi connectivity index (χ1v) is 7.36. The minimum Gasteiger partial charge on any atom is -0.367 e. The number of nitrogens with two attached hydrogens (primary N) is 1. The third-order valence-electron chi connectivity index (χ3n) is 4.01. The third kappa shape index (κ3) is 3.80. The Morgan fingerprint density at radius 3 is 2.42 bits per heavy atom. The first kappa shape index (κ1) is 14.1. The summed E-state index contributed by atoms with van der Waals surface area (Å²) in [7, 11) is 0. The Kier molecular flexibility index (Phi) is 4.96. The molecule has 0 spiro atoms. The summed E-state index contributed by atoms with van der Waals surface area (Å²) in [5.74, 6) is 8.74. The van der Waals surface area contributed by atoms with Crippen molar-refractivity contribution in [3.63, 3.8) is 0 Å². The minimum atomic E-state index is 0.535. The van der Waals surface area contributed by atoms with E-state index in [2.05, 4.69) is 27.6 Å². The smallest absolute Gasteiger partial charge is 0.145 e. The quantitative estimate of drug-likeness (QED) is 0.562. The van der Waals surface area contributed by atoms with E-state index >= 15 is 0 Å². The molecular weight excluding hydrogens is 238 g/mol. The Morgan fingerprint density at radius 1 is 1.16 bits per heavy atom. The largest absolute Gasteiger partial charge is 0.367 e. The molecule has 2 rings (SSSR count). The number of hydrogen-bond acceptors (Lipinski definition) is 5. The summed E-state index contributed by atoms with van der Waals surface area (Å²) in [4.78, 5) is 8.82. The lowest BCUT2D eigenvalue weighted by atomic mass is 9.84. The van der Waals surface area contributed by atoms with Crippen LogP contribution in [-0.4, -0.2) is 16.0 Å². The molecule has 1 saturated carbocycles. The fourth-order valence-electron chi connectivity index (χ4n) is 2.73. The van der Waals surface area contributed by atoms with Crippen LogP contribution in [0.2, 0.25) is 0 Å². The Hall–Kier alpha value is -1.36. The second-order valence-electron chi connectivity index (χ2n) is 5.32. The molecule has 1 aromatic rings. The van der Waals surface area contributed by atoms with Crippen LogP contribution in [0.3, 0.4) is 0 Å². The van der Waals surface area contributed by atoms with Gasteiger partial charge in [0.15, 0.2) is 0 Å². The number of nitrogens with one attached hydrogen (secondary N) is 2. The van der Waals surface area contributed by atoms with Crippen molar-refractivity contribution in [3.05, 3.63) is 11.9 Å². The van der Waals surface area contributed by atoms with E-state index in [-0.39, 0.29) is 0 Å². The van der Waals surface area contributed by atoms with Gasteiger partial charge in [0, 0.05) is 18.5 Å². The number of nitrogen functional groups attached to an aromatic ring is 1. The Labute approximate surface area is 115 Å². The van der Waals surface area contributed by atoms with Crippen molar-refractivity contribution in [2.75, 3.05) is 10.7 Å². The van der Waals surface area contributed by atoms with E-state index in [1.165, 1.54) is 32.1 Å². The van der Waals surface area contributed by atoms with Crippen molar-refractivity contribution in [2.24, 2.45) is 11.8 Å². The lowest BCUT2D eigenvalue weighted by Gasteiger charge is -2.28. The van der Waals surface area contributed by atoms with Crippen LogP contribution < -0.4 is 16.6 Å². The van der Waals surface area contributed by atoms with Gasteiger partial charge in [-0.05, 0) is 31.6 Å². The van der Waals surface area contributed by atoms with E-state index < -0.39 is 0 Å². The summed E-state index contributed by atoms with van der Waals surface area (Å²) in [5.41, 5.74) is 2.60. The van der Waals surface area contributed by atoms with Gasteiger partial charge in [0.05, 0.1) is 0 Å². The van der Waals surface area contributed by atoms with Gasteiger partial charge in [-0.1, -0.05) is 20.3 Å². The highest BCUT2D eigenvalue weighted by Gasteiger charge is 2.20. The fraction of sp³-hybridized carbons (Fsp3) is 0.714. The predicted octanol–water partition coefficient (Wildman–Crippen LogP) is 2.71. The van der Waals surface area contributed by atoms with Crippen LogP contribution in [0.1, 0.15) is 51.8 Å². The summed E-state index contributed by atoms with van der Waals surface area (Å²) in [5, 5.41) is 3.53. The molecule has 1 aliphatic rings. The van der Waals surface area contributed by atoms with Gasteiger partial charge in [0.1, 0.15) is 17.5 Å². The molecule has 0 saturated heterocycles. The van der Waals surface area contributed by atoms with E-state index in [0.29, 0.717) is 11.9 Å². The maximum Gasteiger partial charge on any atom is 0.145 e. The average Bonchev–Trinajstić information content (AvgIpc) is 2.47. The van der Waals surface area contributed by atoms with E-state index in [9.17, 15) is 0 Å². The van der Waals surface area contributed by atoms with Crippen LogP contribution in [0.25, 0.3) is 0 Å². The summed E-state index contributed by atoms with van der Waals surface area (Å²) >= 11 is 0. The molecule has 0 radical (unpaired) electrons. The molecule has 0 unspecified atom stereocenters. The van der Waals surface area contributed by atoms with Crippen molar-refractivity contribution >= 4 is 11.6 Å². The predicted molar refractivity (Wildman–Crippen MR) is 78.9 cm³/mol. The zero-order chi connectivity index (χ0) is 13.7. The van der Waals surface area contributed by atoms with Gasteiger partial charge in [-0.3, -0.25) is 0 Å².